The van der Waals surface area contributed by atoms with Gasteiger partial charge in [-0.05, 0) is 138 Å². The largest absolute Gasteiger partial charge is 0.309 e. The molecule has 0 atom stereocenters. The number of halogens is 1. The Labute approximate surface area is 400 Å². The third-order valence-electron chi connectivity index (χ3n) is 13.8. The van der Waals surface area contributed by atoms with Crippen LogP contribution in [-0.4, -0.2) is 4.57 Å². The van der Waals surface area contributed by atoms with Gasteiger partial charge in [-0.15, -0.1) is 0 Å². The molecule has 2 nitrogen and oxygen atoms in total. The van der Waals surface area contributed by atoms with Crippen molar-refractivity contribution in [1.82, 2.24) is 4.57 Å². The topological polar surface area (TPSA) is 8.17 Å². The van der Waals surface area contributed by atoms with Crippen LogP contribution in [0.3, 0.4) is 0 Å². The molecular formula is C66H43FN2. The van der Waals surface area contributed by atoms with E-state index in [0.717, 1.165) is 50.4 Å². The summed E-state index contributed by atoms with van der Waals surface area (Å²) in [6.07, 6.45) is 4.58. The van der Waals surface area contributed by atoms with Crippen LogP contribution in [0.2, 0.25) is 0 Å². The van der Waals surface area contributed by atoms with Gasteiger partial charge in [0.25, 0.3) is 0 Å². The Bertz CT molecular complexity index is 3990. The predicted octanol–water partition coefficient (Wildman–Crippen LogP) is 18.5. The summed E-state index contributed by atoms with van der Waals surface area (Å²) in [7, 11) is 0. The number of nitrogens with zero attached hydrogens (tertiary/aromatic N) is 2. The zero-order valence-corrected chi connectivity index (χ0v) is 37.6. The third kappa shape index (κ3) is 6.86. The molecular weight excluding hydrogens is 840 g/mol. The Morgan fingerprint density at radius 3 is 1.62 bits per heavy atom. The Hall–Kier alpha value is -9.05. The molecule has 12 aromatic carbocycles. The van der Waals surface area contributed by atoms with E-state index in [2.05, 4.69) is 185 Å². The second-order valence-electron chi connectivity index (χ2n) is 17.8. The summed E-state index contributed by atoms with van der Waals surface area (Å²) in [5.74, 6) is -0.299. The van der Waals surface area contributed by atoms with Gasteiger partial charge in [-0.3, -0.25) is 0 Å². The molecule has 0 radical (unpaired) electrons. The normalized spacial score (nSPS) is 11.8. The van der Waals surface area contributed by atoms with E-state index in [1.54, 1.807) is 6.07 Å². The second kappa shape index (κ2) is 16.7. The first-order valence-corrected chi connectivity index (χ1v) is 23.5. The highest BCUT2D eigenvalue weighted by Crippen LogP contribution is 2.47. The van der Waals surface area contributed by atoms with Crippen molar-refractivity contribution in [2.45, 2.75) is 0 Å². The summed E-state index contributed by atoms with van der Waals surface area (Å²) in [6, 6.07) is 86.7. The number of benzene rings is 12. The van der Waals surface area contributed by atoms with Crippen molar-refractivity contribution in [1.29, 1.82) is 0 Å². The van der Waals surface area contributed by atoms with Crippen LogP contribution in [0.4, 0.5) is 21.5 Å². The average Bonchev–Trinajstić information content (AvgIpc) is 3.76. The first-order valence-electron chi connectivity index (χ1n) is 23.5. The van der Waals surface area contributed by atoms with Gasteiger partial charge in [-0.1, -0.05) is 194 Å². The lowest BCUT2D eigenvalue weighted by atomic mass is 9.88. The molecule has 0 spiro atoms. The lowest BCUT2D eigenvalue weighted by molar-refractivity contribution is 0.630. The van der Waals surface area contributed by atoms with Crippen molar-refractivity contribution >= 4 is 83.3 Å². The minimum atomic E-state index is -0.299. The molecule has 1 aromatic heterocycles. The van der Waals surface area contributed by atoms with Crippen LogP contribution in [0, 0.1) is 5.82 Å². The SMILES string of the molecule is Fc1cc(-c2ccccc2)cc(-c2ccccc2)c1N(c1ccccc1)c1ccc(-c2c3ccccc3c(C=Cc3cc4ccc5cccc6c5c4c(c3)n6-c3ccccc3)c3ccccc23)cc1. The van der Waals surface area contributed by atoms with Crippen molar-refractivity contribution in [2.75, 3.05) is 4.90 Å². The number of hydrogen-bond donors (Lipinski definition) is 0. The first kappa shape index (κ1) is 40.2. The van der Waals surface area contributed by atoms with E-state index >= 15 is 4.39 Å². The summed E-state index contributed by atoms with van der Waals surface area (Å²) < 4.78 is 19.6. The Morgan fingerprint density at radius 1 is 0.377 bits per heavy atom. The minimum Gasteiger partial charge on any atom is -0.309 e. The van der Waals surface area contributed by atoms with Gasteiger partial charge >= 0.3 is 0 Å². The van der Waals surface area contributed by atoms with Crippen LogP contribution in [-0.2, 0) is 0 Å². The standard InChI is InChI=1S/C66H43FN2/c67-60-43-50(45-18-5-1-6-19-45)42-59(46-20-7-2-8-21-46)66(60)68(51-23-9-3-10-24-51)53-37-35-48(36-38-53)63-57-29-15-13-27-54(57)56(55-28-14-16-30-58(55)63)39-32-44-40-49-34-33-47-22-17-31-61-64(47)65(49)62(41-44)69(61)52-25-11-4-12-26-52/h1-43H. The number of fused-ring (bicyclic) bond motifs is 2. The maximum atomic E-state index is 17.2. The first-order chi connectivity index (χ1) is 34.2. The zero-order chi connectivity index (χ0) is 45.8. The molecule has 0 unspecified atom stereocenters. The number of hydrogen-bond acceptors (Lipinski definition) is 1. The van der Waals surface area contributed by atoms with Gasteiger partial charge in [0.2, 0.25) is 0 Å². The molecule has 0 fully saturated rings. The third-order valence-corrected chi connectivity index (χ3v) is 13.8. The maximum absolute atomic E-state index is 17.2. The van der Waals surface area contributed by atoms with Gasteiger partial charge in [0.05, 0.1) is 16.7 Å². The van der Waals surface area contributed by atoms with E-state index < -0.39 is 0 Å². The number of rotatable bonds is 9. The van der Waals surface area contributed by atoms with Gasteiger partial charge in [-0.25, -0.2) is 4.39 Å². The fraction of sp³-hybridized carbons (Fsp3) is 0. The smallest absolute Gasteiger partial charge is 0.148 e. The van der Waals surface area contributed by atoms with Gasteiger partial charge < -0.3 is 9.47 Å². The van der Waals surface area contributed by atoms with Gasteiger partial charge in [0.1, 0.15) is 5.82 Å². The van der Waals surface area contributed by atoms with Crippen LogP contribution in [0.5, 0.6) is 0 Å². The highest BCUT2D eigenvalue weighted by atomic mass is 19.1. The molecule has 3 heteroatoms. The summed E-state index contributed by atoms with van der Waals surface area (Å²) in [6.45, 7) is 0. The molecule has 69 heavy (non-hydrogen) atoms. The molecule has 0 saturated carbocycles. The molecule has 0 amide bonds. The number of aromatic nitrogens is 1. The molecule has 0 aliphatic heterocycles. The predicted molar refractivity (Wildman–Crippen MR) is 291 cm³/mol. The Morgan fingerprint density at radius 2 is 0.942 bits per heavy atom. The summed E-state index contributed by atoms with van der Waals surface area (Å²) in [5, 5.41) is 9.78. The monoisotopic (exact) mass is 882 g/mol. The number of anilines is 3. The van der Waals surface area contributed by atoms with Crippen LogP contribution >= 0.6 is 0 Å². The van der Waals surface area contributed by atoms with E-state index in [4.69, 9.17) is 0 Å². The van der Waals surface area contributed by atoms with Crippen LogP contribution < -0.4 is 4.90 Å². The average molecular weight is 883 g/mol. The Kier molecular flexibility index (Phi) is 9.73. The molecule has 0 aliphatic rings. The van der Waals surface area contributed by atoms with Crippen LogP contribution in [0.1, 0.15) is 11.1 Å². The van der Waals surface area contributed by atoms with Crippen molar-refractivity contribution in [3.8, 4) is 39.1 Å². The van der Waals surface area contributed by atoms with Crippen molar-refractivity contribution < 1.29 is 4.39 Å². The molecule has 13 aromatic rings. The number of para-hydroxylation sites is 2. The fourth-order valence-electron chi connectivity index (χ4n) is 10.7. The highest BCUT2D eigenvalue weighted by molar-refractivity contribution is 6.25. The van der Waals surface area contributed by atoms with Crippen LogP contribution in [0.15, 0.2) is 249 Å². The second-order valence-corrected chi connectivity index (χ2v) is 17.8. The van der Waals surface area contributed by atoms with Crippen molar-refractivity contribution in [2.24, 2.45) is 0 Å². The van der Waals surface area contributed by atoms with Crippen molar-refractivity contribution in [3.05, 3.63) is 266 Å². The molecule has 324 valence electrons. The molecule has 1 heterocycles. The summed E-state index contributed by atoms with van der Waals surface area (Å²) >= 11 is 0. The van der Waals surface area contributed by atoms with E-state index in [1.807, 2.05) is 78.9 Å². The molecule has 0 aliphatic carbocycles. The van der Waals surface area contributed by atoms with E-state index in [1.165, 1.54) is 65.3 Å². The lowest BCUT2D eigenvalue weighted by Crippen LogP contribution is -2.13. The fourth-order valence-corrected chi connectivity index (χ4v) is 10.7. The van der Waals surface area contributed by atoms with Gasteiger partial charge in [-0.2, -0.15) is 0 Å². The minimum absolute atomic E-state index is 0.299. The van der Waals surface area contributed by atoms with E-state index in [0.29, 0.717) is 5.69 Å². The summed E-state index contributed by atoms with van der Waals surface area (Å²) in [5.41, 5.74) is 13.9. The zero-order valence-electron chi connectivity index (χ0n) is 37.6. The molecule has 13 rings (SSSR count). The molecule has 0 bridgehead atoms. The molecule has 0 saturated heterocycles. The van der Waals surface area contributed by atoms with Crippen molar-refractivity contribution in [3.63, 3.8) is 0 Å². The molecule has 0 N–H and O–H groups in total. The Balaban J connectivity index is 0.944. The van der Waals surface area contributed by atoms with Gasteiger partial charge in [0, 0.05) is 33.4 Å². The maximum Gasteiger partial charge on any atom is 0.148 e. The lowest BCUT2D eigenvalue weighted by Gasteiger charge is -2.29. The highest BCUT2D eigenvalue weighted by Gasteiger charge is 2.24. The van der Waals surface area contributed by atoms with E-state index in [9.17, 15) is 0 Å². The van der Waals surface area contributed by atoms with Crippen LogP contribution in [0.25, 0.3) is 105 Å². The van der Waals surface area contributed by atoms with E-state index in [-0.39, 0.29) is 5.82 Å². The summed E-state index contributed by atoms with van der Waals surface area (Å²) in [4.78, 5) is 2.06. The van der Waals surface area contributed by atoms with Gasteiger partial charge in [0.15, 0.2) is 0 Å². The quantitative estimate of drug-likeness (QED) is 0.0797.